The van der Waals surface area contributed by atoms with E-state index in [1.54, 1.807) is 0 Å². The van der Waals surface area contributed by atoms with E-state index in [0.717, 1.165) is 38.3 Å². The quantitative estimate of drug-likeness (QED) is 0.924. The molecule has 2 aliphatic heterocycles. The minimum absolute atomic E-state index is 0.634. The van der Waals surface area contributed by atoms with Crippen molar-refractivity contribution in [3.05, 3.63) is 22.7 Å². The molecular weight excluding hydrogens is 276 g/mol. The molecule has 1 aromatic rings. The van der Waals surface area contributed by atoms with Crippen LogP contribution in [-0.4, -0.2) is 43.8 Å². The Morgan fingerprint density at radius 1 is 1.30 bits per heavy atom. The number of ether oxygens (including phenoxy) is 2. The van der Waals surface area contributed by atoms with E-state index in [9.17, 15) is 0 Å². The highest BCUT2D eigenvalue weighted by atomic mass is 35.5. The van der Waals surface area contributed by atoms with E-state index < -0.39 is 0 Å². The fraction of sp³-hybridized carbons (Fsp3) is 0.600. The Morgan fingerprint density at radius 3 is 2.80 bits per heavy atom. The van der Waals surface area contributed by atoms with E-state index in [1.165, 1.54) is 5.56 Å². The van der Waals surface area contributed by atoms with Gasteiger partial charge in [-0.05, 0) is 24.2 Å². The predicted octanol–water partition coefficient (Wildman–Crippen LogP) is 2.29. The van der Waals surface area contributed by atoms with Crippen LogP contribution < -0.4 is 14.8 Å². The molecule has 2 heterocycles. The Bertz CT molecular complexity index is 477. The molecule has 0 aromatic heterocycles. The van der Waals surface area contributed by atoms with Crippen molar-refractivity contribution >= 4 is 11.6 Å². The Balaban J connectivity index is 1.79. The fourth-order valence-corrected chi connectivity index (χ4v) is 2.93. The minimum atomic E-state index is 0.634. The molecule has 5 heteroatoms. The second kappa shape index (κ2) is 6.20. The van der Waals surface area contributed by atoms with Crippen molar-refractivity contribution in [3.63, 3.8) is 0 Å². The predicted molar refractivity (Wildman–Crippen MR) is 79.8 cm³/mol. The maximum absolute atomic E-state index is 6.34. The van der Waals surface area contributed by atoms with Crippen molar-refractivity contribution in [2.45, 2.75) is 25.9 Å². The van der Waals surface area contributed by atoms with Gasteiger partial charge in [0.25, 0.3) is 0 Å². The number of nitrogens with one attached hydrogen (secondary N) is 1. The van der Waals surface area contributed by atoms with Crippen LogP contribution in [0.2, 0.25) is 5.02 Å². The second-order valence-corrected chi connectivity index (χ2v) is 5.74. The average Bonchev–Trinajstić information content (AvgIpc) is 2.61. The number of rotatable bonds is 4. The lowest BCUT2D eigenvalue weighted by atomic mass is 10.1. The molecule has 4 nitrogen and oxygen atoms in total. The van der Waals surface area contributed by atoms with Gasteiger partial charge in [-0.1, -0.05) is 18.5 Å². The van der Waals surface area contributed by atoms with Crippen molar-refractivity contribution in [1.82, 2.24) is 10.2 Å². The topological polar surface area (TPSA) is 33.7 Å². The molecule has 20 heavy (non-hydrogen) atoms. The summed E-state index contributed by atoms with van der Waals surface area (Å²) >= 11 is 6.34. The summed E-state index contributed by atoms with van der Waals surface area (Å²) < 4.78 is 11.4. The largest absolute Gasteiger partial charge is 0.489 e. The molecule has 1 fully saturated rings. The van der Waals surface area contributed by atoms with Crippen LogP contribution in [0.1, 0.15) is 18.9 Å². The molecule has 3 rings (SSSR count). The zero-order valence-electron chi connectivity index (χ0n) is 11.8. The lowest BCUT2D eigenvalue weighted by Gasteiger charge is -2.37. The molecule has 2 aliphatic rings. The molecule has 0 unspecified atom stereocenters. The van der Waals surface area contributed by atoms with Gasteiger partial charge in [-0.3, -0.25) is 4.90 Å². The molecule has 110 valence electrons. The summed E-state index contributed by atoms with van der Waals surface area (Å²) in [6, 6.07) is 4.71. The van der Waals surface area contributed by atoms with Crippen molar-refractivity contribution in [3.8, 4) is 11.5 Å². The summed E-state index contributed by atoms with van der Waals surface area (Å²) in [6.07, 6.45) is 0.898. The normalized spacial score (nSPS) is 18.8. The summed E-state index contributed by atoms with van der Waals surface area (Å²) in [6.45, 7) is 7.65. The number of likely N-dealkylation sites (N-methyl/N-ethyl adjacent to an activating group) is 1. The van der Waals surface area contributed by atoms with E-state index in [2.05, 4.69) is 23.2 Å². The number of fused-ring (bicyclic) bond motifs is 1. The van der Waals surface area contributed by atoms with Gasteiger partial charge < -0.3 is 14.8 Å². The first-order chi connectivity index (χ1) is 9.78. The van der Waals surface area contributed by atoms with Gasteiger partial charge >= 0.3 is 0 Å². The van der Waals surface area contributed by atoms with Gasteiger partial charge in [0.05, 0.1) is 18.2 Å². The molecule has 1 aromatic carbocycles. The summed E-state index contributed by atoms with van der Waals surface area (Å²) in [5.41, 5.74) is 1.19. The number of nitrogens with zero attached hydrogens (tertiary/aromatic N) is 1. The van der Waals surface area contributed by atoms with Crippen LogP contribution in [0, 0.1) is 0 Å². The highest BCUT2D eigenvalue weighted by Crippen LogP contribution is 2.38. The highest BCUT2D eigenvalue weighted by molar-refractivity contribution is 6.32. The Kier molecular flexibility index (Phi) is 4.34. The molecule has 0 saturated carbocycles. The van der Waals surface area contributed by atoms with Crippen LogP contribution in [-0.2, 0) is 6.54 Å². The zero-order valence-corrected chi connectivity index (χ0v) is 12.6. The van der Waals surface area contributed by atoms with Crippen molar-refractivity contribution in [2.75, 3.05) is 32.8 Å². The van der Waals surface area contributed by atoms with E-state index in [4.69, 9.17) is 21.1 Å². The third-order valence-corrected chi connectivity index (χ3v) is 4.21. The highest BCUT2D eigenvalue weighted by Gasteiger charge is 2.24. The second-order valence-electron chi connectivity index (χ2n) is 5.33. The summed E-state index contributed by atoms with van der Waals surface area (Å²) in [7, 11) is 0. The first kappa shape index (κ1) is 14.0. The molecule has 1 N–H and O–H groups in total. The maximum Gasteiger partial charge on any atom is 0.179 e. The Morgan fingerprint density at radius 2 is 2.10 bits per heavy atom. The molecule has 0 spiro atoms. The van der Waals surface area contributed by atoms with Gasteiger partial charge in [-0.25, -0.2) is 0 Å². The molecule has 0 radical (unpaired) electrons. The van der Waals surface area contributed by atoms with Crippen LogP contribution in [0.3, 0.4) is 0 Å². The summed E-state index contributed by atoms with van der Waals surface area (Å²) in [5.74, 6) is 1.48. The van der Waals surface area contributed by atoms with Crippen LogP contribution >= 0.6 is 11.6 Å². The smallest absolute Gasteiger partial charge is 0.179 e. The standard InChI is InChI=1S/C15H21ClN2O2/c1-2-18(12-8-17-9-12)10-11-6-13(16)15-14(7-11)19-4-3-5-20-15/h6-7,12,17H,2-5,8-10H2,1H3. The average molecular weight is 297 g/mol. The van der Waals surface area contributed by atoms with E-state index in [1.807, 2.05) is 6.07 Å². The van der Waals surface area contributed by atoms with Gasteiger partial charge in [-0.2, -0.15) is 0 Å². The van der Waals surface area contributed by atoms with Crippen LogP contribution in [0.15, 0.2) is 12.1 Å². The van der Waals surface area contributed by atoms with E-state index in [-0.39, 0.29) is 0 Å². The molecular formula is C15H21ClN2O2. The Hall–Kier alpha value is -0.970. The monoisotopic (exact) mass is 296 g/mol. The zero-order chi connectivity index (χ0) is 13.9. The van der Waals surface area contributed by atoms with Gasteiger partial charge in [0.15, 0.2) is 11.5 Å². The van der Waals surface area contributed by atoms with Gasteiger partial charge in [0, 0.05) is 32.1 Å². The van der Waals surface area contributed by atoms with Crippen LogP contribution in [0.25, 0.3) is 0 Å². The first-order valence-electron chi connectivity index (χ1n) is 7.30. The third kappa shape index (κ3) is 2.87. The van der Waals surface area contributed by atoms with Gasteiger partial charge in [0.1, 0.15) is 0 Å². The summed E-state index contributed by atoms with van der Waals surface area (Å²) in [4.78, 5) is 2.46. The molecule has 1 saturated heterocycles. The van der Waals surface area contributed by atoms with Crippen LogP contribution in [0.5, 0.6) is 11.5 Å². The SMILES string of the molecule is CCN(Cc1cc(Cl)c2c(c1)OCCCO2)C1CNC1. The molecule has 0 amide bonds. The lowest BCUT2D eigenvalue weighted by Crippen LogP contribution is -2.56. The fourth-order valence-electron chi connectivity index (χ4n) is 2.64. The van der Waals surface area contributed by atoms with E-state index >= 15 is 0 Å². The van der Waals surface area contributed by atoms with Crippen molar-refractivity contribution in [2.24, 2.45) is 0 Å². The number of benzene rings is 1. The van der Waals surface area contributed by atoms with Crippen molar-refractivity contribution in [1.29, 1.82) is 0 Å². The van der Waals surface area contributed by atoms with Gasteiger partial charge in [-0.15, -0.1) is 0 Å². The minimum Gasteiger partial charge on any atom is -0.489 e. The number of hydrogen-bond acceptors (Lipinski definition) is 4. The van der Waals surface area contributed by atoms with E-state index in [0.29, 0.717) is 30.0 Å². The van der Waals surface area contributed by atoms with Crippen LogP contribution in [0.4, 0.5) is 0 Å². The number of hydrogen-bond donors (Lipinski definition) is 1. The molecule has 0 bridgehead atoms. The Labute approximate surface area is 125 Å². The molecule has 0 atom stereocenters. The maximum atomic E-state index is 6.34. The van der Waals surface area contributed by atoms with Crippen molar-refractivity contribution < 1.29 is 9.47 Å². The first-order valence-corrected chi connectivity index (χ1v) is 7.68. The van der Waals surface area contributed by atoms with Gasteiger partial charge in [0.2, 0.25) is 0 Å². The summed E-state index contributed by atoms with van der Waals surface area (Å²) in [5, 5.41) is 3.97. The lowest BCUT2D eigenvalue weighted by molar-refractivity contribution is 0.145. The number of halogens is 1. The molecule has 0 aliphatic carbocycles. The third-order valence-electron chi connectivity index (χ3n) is 3.93.